The zero-order valence-electron chi connectivity index (χ0n) is 12.3. The summed E-state index contributed by atoms with van der Waals surface area (Å²) in [6, 6.07) is 12.9. The summed E-state index contributed by atoms with van der Waals surface area (Å²) in [7, 11) is 0. The Kier molecular flexibility index (Phi) is 5.23. The summed E-state index contributed by atoms with van der Waals surface area (Å²) in [6.45, 7) is 0.612. The lowest BCUT2D eigenvalue weighted by atomic mass is 10.2. The minimum absolute atomic E-state index is 0.235. The molecule has 1 N–H and O–H groups in total. The number of hydrogen-bond donors (Lipinski definition) is 1. The SMILES string of the molecule is O=C(Nc1cnn(Cc2ccc(Br)cc2)c1)c1cccc(Cl)c1Cl. The maximum atomic E-state index is 12.3. The second-order valence-corrected chi connectivity index (χ2v) is 6.81. The Hall–Kier alpha value is -1.82. The summed E-state index contributed by atoms with van der Waals surface area (Å²) in [6.07, 6.45) is 3.35. The number of nitrogens with zero attached hydrogens (tertiary/aromatic N) is 2. The smallest absolute Gasteiger partial charge is 0.257 e. The van der Waals surface area contributed by atoms with Crippen molar-refractivity contribution in [1.82, 2.24) is 9.78 Å². The number of benzene rings is 2. The van der Waals surface area contributed by atoms with Gasteiger partial charge in [-0.1, -0.05) is 57.3 Å². The van der Waals surface area contributed by atoms with Gasteiger partial charge in [-0.15, -0.1) is 0 Å². The largest absolute Gasteiger partial charge is 0.319 e. The van der Waals surface area contributed by atoms with E-state index in [1.54, 1.807) is 35.3 Å². The van der Waals surface area contributed by atoms with Crippen molar-refractivity contribution in [3.05, 3.63) is 80.5 Å². The van der Waals surface area contributed by atoms with Crippen LogP contribution in [0.25, 0.3) is 0 Å². The van der Waals surface area contributed by atoms with Crippen molar-refractivity contribution in [2.75, 3.05) is 5.32 Å². The van der Waals surface area contributed by atoms with Crippen LogP contribution in [0.3, 0.4) is 0 Å². The first kappa shape index (κ1) is 17.0. The number of amides is 1. The lowest BCUT2D eigenvalue weighted by Crippen LogP contribution is -2.12. The third kappa shape index (κ3) is 3.98. The van der Waals surface area contributed by atoms with E-state index in [0.29, 0.717) is 22.8 Å². The van der Waals surface area contributed by atoms with E-state index in [0.717, 1.165) is 10.0 Å². The van der Waals surface area contributed by atoms with Gasteiger partial charge in [0.15, 0.2) is 0 Å². The molecule has 0 unspecified atom stereocenters. The third-order valence-corrected chi connectivity index (χ3v) is 4.69. The molecule has 0 radical (unpaired) electrons. The van der Waals surface area contributed by atoms with Crippen molar-refractivity contribution in [1.29, 1.82) is 0 Å². The minimum Gasteiger partial charge on any atom is -0.319 e. The molecule has 0 bridgehead atoms. The van der Waals surface area contributed by atoms with Crippen molar-refractivity contribution in [2.45, 2.75) is 6.54 Å². The molecule has 4 nitrogen and oxygen atoms in total. The first-order valence-electron chi connectivity index (χ1n) is 7.05. The van der Waals surface area contributed by atoms with Gasteiger partial charge in [-0.25, -0.2) is 0 Å². The number of aromatic nitrogens is 2. The molecule has 0 atom stereocenters. The molecule has 0 saturated carbocycles. The molecule has 0 aliphatic rings. The molecule has 7 heteroatoms. The second kappa shape index (κ2) is 7.38. The van der Waals surface area contributed by atoms with Crippen molar-refractivity contribution < 1.29 is 4.79 Å². The molecule has 1 aromatic heterocycles. The number of hydrogen-bond acceptors (Lipinski definition) is 2. The third-order valence-electron chi connectivity index (χ3n) is 3.35. The molecule has 0 aliphatic heterocycles. The number of carbonyl (C=O) groups excluding carboxylic acids is 1. The van der Waals surface area contributed by atoms with Crippen LogP contribution < -0.4 is 5.32 Å². The highest BCUT2D eigenvalue weighted by atomic mass is 79.9. The molecule has 24 heavy (non-hydrogen) atoms. The normalized spacial score (nSPS) is 10.6. The predicted molar refractivity (Wildman–Crippen MR) is 99.9 cm³/mol. The van der Waals surface area contributed by atoms with E-state index in [-0.39, 0.29) is 10.9 Å². The van der Waals surface area contributed by atoms with Crippen LogP contribution >= 0.6 is 39.1 Å². The standard InChI is InChI=1S/C17H12BrCl2N3O/c18-12-6-4-11(5-7-12)9-23-10-13(8-21-23)22-17(24)14-2-1-3-15(19)16(14)20/h1-8,10H,9H2,(H,22,24). The molecule has 3 aromatic rings. The van der Waals surface area contributed by atoms with E-state index < -0.39 is 0 Å². The Balaban J connectivity index is 1.70. The van der Waals surface area contributed by atoms with Crippen LogP contribution in [0.1, 0.15) is 15.9 Å². The first-order valence-corrected chi connectivity index (χ1v) is 8.60. The zero-order valence-corrected chi connectivity index (χ0v) is 15.4. The van der Waals surface area contributed by atoms with Crippen LogP contribution in [0.4, 0.5) is 5.69 Å². The van der Waals surface area contributed by atoms with Gasteiger partial charge in [0.25, 0.3) is 5.91 Å². The molecule has 122 valence electrons. The quantitative estimate of drug-likeness (QED) is 0.621. The van der Waals surface area contributed by atoms with E-state index in [1.807, 2.05) is 24.3 Å². The second-order valence-electron chi connectivity index (χ2n) is 5.11. The molecule has 2 aromatic carbocycles. The van der Waals surface area contributed by atoms with Gasteiger partial charge in [0.05, 0.1) is 34.0 Å². The number of rotatable bonds is 4. The monoisotopic (exact) mass is 423 g/mol. The molecule has 0 aliphatic carbocycles. The average Bonchev–Trinajstić information content (AvgIpc) is 2.99. The van der Waals surface area contributed by atoms with Gasteiger partial charge < -0.3 is 5.32 Å². The van der Waals surface area contributed by atoms with Gasteiger partial charge >= 0.3 is 0 Å². The van der Waals surface area contributed by atoms with Gasteiger partial charge in [0.1, 0.15) is 0 Å². The maximum absolute atomic E-state index is 12.3. The summed E-state index contributed by atoms with van der Waals surface area (Å²) in [5.74, 6) is -0.328. The summed E-state index contributed by atoms with van der Waals surface area (Å²) >= 11 is 15.4. The van der Waals surface area contributed by atoms with E-state index in [2.05, 4.69) is 26.3 Å². The Labute approximate surface area is 157 Å². The fourth-order valence-corrected chi connectivity index (χ4v) is 2.82. The molecule has 3 rings (SSSR count). The Morgan fingerprint density at radius 1 is 1.17 bits per heavy atom. The fourth-order valence-electron chi connectivity index (χ4n) is 2.17. The van der Waals surface area contributed by atoms with Crippen LogP contribution in [0.15, 0.2) is 59.3 Å². The summed E-state index contributed by atoms with van der Waals surface area (Å²) in [5.41, 5.74) is 2.02. The van der Waals surface area contributed by atoms with Crippen LogP contribution in [-0.2, 0) is 6.54 Å². The summed E-state index contributed by atoms with van der Waals surface area (Å²) < 4.78 is 2.77. The van der Waals surface area contributed by atoms with Crippen LogP contribution in [0, 0.1) is 0 Å². The molecule has 0 spiro atoms. The highest BCUT2D eigenvalue weighted by Gasteiger charge is 2.13. The van der Waals surface area contributed by atoms with Crippen LogP contribution in [0.5, 0.6) is 0 Å². The zero-order chi connectivity index (χ0) is 17.1. The molecule has 0 fully saturated rings. The highest BCUT2D eigenvalue weighted by Crippen LogP contribution is 2.26. The number of carbonyl (C=O) groups is 1. The molecular weight excluding hydrogens is 413 g/mol. The van der Waals surface area contributed by atoms with E-state index in [4.69, 9.17) is 23.2 Å². The van der Waals surface area contributed by atoms with Crippen LogP contribution in [0.2, 0.25) is 10.0 Å². The van der Waals surface area contributed by atoms with Crippen molar-refractivity contribution in [3.8, 4) is 0 Å². The number of anilines is 1. The van der Waals surface area contributed by atoms with E-state index in [1.165, 1.54) is 0 Å². The van der Waals surface area contributed by atoms with E-state index in [9.17, 15) is 4.79 Å². The molecule has 1 heterocycles. The molecular formula is C17H12BrCl2N3O. The lowest BCUT2D eigenvalue weighted by Gasteiger charge is -2.05. The first-order chi connectivity index (χ1) is 11.5. The van der Waals surface area contributed by atoms with E-state index >= 15 is 0 Å². The minimum atomic E-state index is -0.328. The predicted octanol–water partition coefficient (Wildman–Crippen LogP) is 5.25. The molecule has 1 amide bonds. The Morgan fingerprint density at radius 3 is 2.67 bits per heavy atom. The number of halogens is 3. The van der Waals surface area contributed by atoms with Gasteiger partial charge in [-0.2, -0.15) is 5.10 Å². The van der Waals surface area contributed by atoms with Gasteiger partial charge in [0, 0.05) is 10.7 Å². The van der Waals surface area contributed by atoms with Crippen molar-refractivity contribution >= 4 is 50.7 Å². The van der Waals surface area contributed by atoms with Crippen molar-refractivity contribution in [2.24, 2.45) is 0 Å². The van der Waals surface area contributed by atoms with Gasteiger partial charge in [-0.3, -0.25) is 9.48 Å². The Bertz CT molecular complexity index is 878. The number of nitrogens with one attached hydrogen (secondary N) is 1. The van der Waals surface area contributed by atoms with Crippen molar-refractivity contribution in [3.63, 3.8) is 0 Å². The molecule has 0 saturated heterocycles. The van der Waals surface area contributed by atoms with Gasteiger partial charge in [0.2, 0.25) is 0 Å². The Morgan fingerprint density at radius 2 is 1.92 bits per heavy atom. The van der Waals surface area contributed by atoms with Gasteiger partial charge in [-0.05, 0) is 29.8 Å². The van der Waals surface area contributed by atoms with Crippen LogP contribution in [-0.4, -0.2) is 15.7 Å². The average molecular weight is 425 g/mol. The lowest BCUT2D eigenvalue weighted by molar-refractivity contribution is 0.102. The highest BCUT2D eigenvalue weighted by molar-refractivity contribution is 9.10. The summed E-state index contributed by atoms with van der Waals surface area (Å²) in [5, 5.41) is 7.60. The fraction of sp³-hybridized carbons (Fsp3) is 0.0588. The topological polar surface area (TPSA) is 46.9 Å². The maximum Gasteiger partial charge on any atom is 0.257 e. The summed E-state index contributed by atoms with van der Waals surface area (Å²) in [4.78, 5) is 12.3.